The summed E-state index contributed by atoms with van der Waals surface area (Å²) in [5.41, 5.74) is 3.05. The van der Waals surface area contributed by atoms with Gasteiger partial charge in [-0.15, -0.1) is 0 Å². The fourth-order valence-corrected chi connectivity index (χ4v) is 2.61. The maximum atomic E-state index is 11.6. The van der Waals surface area contributed by atoms with Crippen molar-refractivity contribution in [3.05, 3.63) is 64.7 Å². The minimum Gasteiger partial charge on any atom is -0.337 e. The highest BCUT2D eigenvalue weighted by Crippen LogP contribution is 2.32. The monoisotopic (exact) mass is 272 g/mol. The van der Waals surface area contributed by atoms with Crippen molar-refractivity contribution >= 4 is 23.3 Å². The third-order valence-corrected chi connectivity index (χ3v) is 3.54. The molecule has 2 N–H and O–H groups in total. The van der Waals surface area contributed by atoms with Crippen LogP contribution in [0.3, 0.4) is 0 Å². The maximum Gasteiger partial charge on any atom is 0.319 e. The van der Waals surface area contributed by atoms with Crippen molar-refractivity contribution in [1.29, 1.82) is 0 Å². The Hall–Kier alpha value is -2.00. The zero-order chi connectivity index (χ0) is 13.2. The lowest BCUT2D eigenvalue weighted by atomic mass is 9.90. The number of benzene rings is 2. The van der Waals surface area contributed by atoms with E-state index in [1.807, 2.05) is 48.5 Å². The quantitative estimate of drug-likeness (QED) is 0.818. The third kappa shape index (κ3) is 2.42. The average Bonchev–Trinajstić information content (AvgIpc) is 2.57. The lowest BCUT2D eigenvalue weighted by Crippen LogP contribution is -2.29. The Balaban J connectivity index is 2.09. The van der Waals surface area contributed by atoms with Crippen LogP contribution in [-0.4, -0.2) is 12.6 Å². The number of halogens is 1. The standard InChI is InChI=1S/C15H13ClN2O/c16-11-5-3-4-10(8-11)13-9-17-15(19)18-14-7-2-1-6-12(13)14/h1-8,13H,9H2,(H2,17,18,19). The molecule has 0 bridgehead atoms. The maximum absolute atomic E-state index is 11.6. The molecule has 2 aromatic carbocycles. The number of fused-ring (bicyclic) bond motifs is 1. The van der Waals surface area contributed by atoms with Gasteiger partial charge in [0, 0.05) is 23.2 Å². The number of hydrogen-bond acceptors (Lipinski definition) is 1. The molecule has 1 atom stereocenters. The molecule has 96 valence electrons. The number of anilines is 1. The van der Waals surface area contributed by atoms with Gasteiger partial charge < -0.3 is 10.6 Å². The molecule has 1 aliphatic heterocycles. The Morgan fingerprint density at radius 1 is 1.11 bits per heavy atom. The van der Waals surface area contributed by atoms with E-state index in [-0.39, 0.29) is 11.9 Å². The summed E-state index contributed by atoms with van der Waals surface area (Å²) in [6, 6.07) is 15.4. The first kappa shape index (κ1) is 12.1. The molecule has 0 fully saturated rings. The van der Waals surface area contributed by atoms with Crippen molar-refractivity contribution in [2.75, 3.05) is 11.9 Å². The minimum absolute atomic E-state index is 0.105. The fourth-order valence-electron chi connectivity index (χ4n) is 2.41. The summed E-state index contributed by atoms with van der Waals surface area (Å²) in [6.07, 6.45) is 0. The molecule has 1 aliphatic rings. The van der Waals surface area contributed by atoms with Crippen molar-refractivity contribution in [1.82, 2.24) is 5.32 Å². The highest BCUT2D eigenvalue weighted by atomic mass is 35.5. The van der Waals surface area contributed by atoms with Crippen molar-refractivity contribution in [2.24, 2.45) is 0 Å². The zero-order valence-electron chi connectivity index (χ0n) is 10.2. The predicted molar refractivity (Wildman–Crippen MR) is 76.8 cm³/mol. The Bertz CT molecular complexity index is 627. The second-order valence-corrected chi connectivity index (χ2v) is 4.97. The molecule has 0 aromatic heterocycles. The molecule has 0 spiro atoms. The van der Waals surface area contributed by atoms with Crippen LogP contribution in [0.5, 0.6) is 0 Å². The Morgan fingerprint density at radius 3 is 2.79 bits per heavy atom. The zero-order valence-corrected chi connectivity index (χ0v) is 10.9. The molecule has 3 nitrogen and oxygen atoms in total. The number of carbonyl (C=O) groups excluding carboxylic acids is 1. The van der Waals surface area contributed by atoms with Crippen molar-refractivity contribution in [2.45, 2.75) is 5.92 Å². The van der Waals surface area contributed by atoms with Gasteiger partial charge in [-0.05, 0) is 29.3 Å². The number of rotatable bonds is 1. The second-order valence-electron chi connectivity index (χ2n) is 4.53. The van der Waals surface area contributed by atoms with E-state index in [9.17, 15) is 4.79 Å². The van der Waals surface area contributed by atoms with E-state index in [4.69, 9.17) is 11.6 Å². The summed E-state index contributed by atoms with van der Waals surface area (Å²) in [4.78, 5) is 11.6. The lowest BCUT2D eigenvalue weighted by molar-refractivity contribution is 0.252. The highest BCUT2D eigenvalue weighted by molar-refractivity contribution is 6.30. The largest absolute Gasteiger partial charge is 0.337 e. The van der Waals surface area contributed by atoms with Crippen molar-refractivity contribution < 1.29 is 4.79 Å². The molecule has 19 heavy (non-hydrogen) atoms. The number of carbonyl (C=O) groups is 1. The van der Waals surface area contributed by atoms with Crippen LogP contribution < -0.4 is 10.6 Å². The molecule has 3 rings (SSSR count). The van der Waals surface area contributed by atoms with E-state index in [0.717, 1.165) is 16.8 Å². The summed E-state index contributed by atoms with van der Waals surface area (Å²) in [6.45, 7) is 0.559. The molecule has 0 saturated heterocycles. The van der Waals surface area contributed by atoms with Crippen LogP contribution in [-0.2, 0) is 0 Å². The number of para-hydroxylation sites is 1. The summed E-state index contributed by atoms with van der Waals surface area (Å²) >= 11 is 6.06. The molecule has 0 aliphatic carbocycles. The number of amides is 2. The van der Waals surface area contributed by atoms with Crippen molar-refractivity contribution in [3.8, 4) is 0 Å². The summed E-state index contributed by atoms with van der Waals surface area (Å²) < 4.78 is 0. The summed E-state index contributed by atoms with van der Waals surface area (Å²) in [5.74, 6) is 0.105. The van der Waals surface area contributed by atoms with Gasteiger partial charge in [-0.2, -0.15) is 0 Å². The molecule has 1 unspecified atom stereocenters. The molecule has 2 amide bonds. The Labute approximate surface area is 116 Å². The first-order valence-electron chi connectivity index (χ1n) is 6.13. The first-order valence-corrected chi connectivity index (χ1v) is 6.51. The van der Waals surface area contributed by atoms with Crippen LogP contribution in [0.25, 0.3) is 0 Å². The first-order chi connectivity index (χ1) is 9.24. The SMILES string of the molecule is O=C1NCC(c2cccc(Cl)c2)c2ccccc2N1. The third-order valence-electron chi connectivity index (χ3n) is 3.30. The molecular weight excluding hydrogens is 260 g/mol. The van der Waals surface area contributed by atoms with Crippen LogP contribution in [0.2, 0.25) is 5.02 Å². The Kier molecular flexibility index (Phi) is 3.13. The molecule has 1 heterocycles. The highest BCUT2D eigenvalue weighted by Gasteiger charge is 2.22. The second kappa shape index (κ2) is 4.94. The summed E-state index contributed by atoms with van der Waals surface area (Å²) in [7, 11) is 0. The van der Waals surface area contributed by atoms with Gasteiger partial charge in [0.25, 0.3) is 0 Å². The van der Waals surface area contributed by atoms with Gasteiger partial charge in [-0.1, -0.05) is 41.9 Å². The van der Waals surface area contributed by atoms with E-state index in [2.05, 4.69) is 10.6 Å². The van der Waals surface area contributed by atoms with Crippen LogP contribution in [0.1, 0.15) is 17.0 Å². The van der Waals surface area contributed by atoms with Crippen molar-refractivity contribution in [3.63, 3.8) is 0 Å². The van der Waals surface area contributed by atoms with Crippen LogP contribution in [0, 0.1) is 0 Å². The number of hydrogen-bond donors (Lipinski definition) is 2. The molecule has 4 heteroatoms. The van der Waals surface area contributed by atoms with Crippen LogP contribution in [0.4, 0.5) is 10.5 Å². The topological polar surface area (TPSA) is 41.1 Å². The fraction of sp³-hybridized carbons (Fsp3) is 0.133. The van der Waals surface area contributed by atoms with E-state index in [1.54, 1.807) is 0 Å². The van der Waals surface area contributed by atoms with Gasteiger partial charge in [0.1, 0.15) is 0 Å². The molecule has 0 saturated carbocycles. The number of nitrogens with one attached hydrogen (secondary N) is 2. The van der Waals surface area contributed by atoms with Gasteiger partial charge in [0.15, 0.2) is 0 Å². The van der Waals surface area contributed by atoms with Gasteiger partial charge in [0.2, 0.25) is 0 Å². The van der Waals surface area contributed by atoms with Crippen LogP contribution in [0.15, 0.2) is 48.5 Å². The normalized spacial score (nSPS) is 17.9. The number of urea groups is 1. The molecule has 0 radical (unpaired) electrons. The minimum atomic E-state index is -0.169. The van der Waals surface area contributed by atoms with Gasteiger partial charge >= 0.3 is 6.03 Å². The van der Waals surface area contributed by atoms with Gasteiger partial charge in [0.05, 0.1) is 0 Å². The van der Waals surface area contributed by atoms with E-state index in [1.165, 1.54) is 0 Å². The summed E-state index contributed by atoms with van der Waals surface area (Å²) in [5, 5.41) is 6.43. The lowest BCUT2D eigenvalue weighted by Gasteiger charge is -2.17. The van der Waals surface area contributed by atoms with Gasteiger partial charge in [-0.25, -0.2) is 4.79 Å². The molecular formula is C15H13ClN2O. The predicted octanol–water partition coefficient (Wildman–Crippen LogP) is 3.61. The van der Waals surface area contributed by atoms with E-state index >= 15 is 0 Å². The van der Waals surface area contributed by atoms with Gasteiger partial charge in [-0.3, -0.25) is 0 Å². The molecule has 2 aromatic rings. The smallest absolute Gasteiger partial charge is 0.319 e. The van der Waals surface area contributed by atoms with E-state index < -0.39 is 0 Å². The average molecular weight is 273 g/mol. The van der Waals surface area contributed by atoms with Crippen LogP contribution >= 0.6 is 11.6 Å². The van der Waals surface area contributed by atoms with E-state index in [0.29, 0.717) is 11.6 Å². The Morgan fingerprint density at radius 2 is 1.95 bits per heavy atom.